The van der Waals surface area contributed by atoms with Crippen molar-refractivity contribution < 1.29 is 14.3 Å². The van der Waals surface area contributed by atoms with E-state index >= 15 is 0 Å². The molecule has 2 amide bonds. The van der Waals surface area contributed by atoms with Gasteiger partial charge in [0.2, 0.25) is 0 Å². The molecule has 3 aromatic rings. The molecule has 3 aromatic carbocycles. The van der Waals surface area contributed by atoms with E-state index in [1.807, 2.05) is 24.3 Å². The van der Waals surface area contributed by atoms with E-state index in [4.69, 9.17) is 27.9 Å². The van der Waals surface area contributed by atoms with Crippen molar-refractivity contribution in [2.24, 2.45) is 0 Å². The lowest BCUT2D eigenvalue weighted by Crippen LogP contribution is -2.20. The highest BCUT2D eigenvalue weighted by Gasteiger charge is 2.09. The maximum absolute atomic E-state index is 12.5. The Kier molecular flexibility index (Phi) is 8.54. The van der Waals surface area contributed by atoms with Crippen LogP contribution in [0, 0.1) is 0 Å². The molecule has 7 heteroatoms. The summed E-state index contributed by atoms with van der Waals surface area (Å²) in [5.41, 5.74) is 2.98. The fourth-order valence-corrected chi connectivity index (χ4v) is 3.54. The molecule has 166 valence electrons. The first-order valence-electron chi connectivity index (χ1n) is 10.3. The number of ether oxygens (including phenoxy) is 1. The van der Waals surface area contributed by atoms with Gasteiger partial charge in [0.15, 0.2) is 6.61 Å². The van der Waals surface area contributed by atoms with Gasteiger partial charge in [-0.1, -0.05) is 48.7 Å². The number of aryl methyl sites for hydroxylation is 1. The van der Waals surface area contributed by atoms with Crippen LogP contribution in [0.2, 0.25) is 10.0 Å². The number of halogens is 2. The number of amides is 2. The predicted molar refractivity (Wildman–Crippen MR) is 130 cm³/mol. The van der Waals surface area contributed by atoms with Crippen LogP contribution in [0.15, 0.2) is 66.7 Å². The highest BCUT2D eigenvalue weighted by Crippen LogP contribution is 2.22. The normalized spacial score (nSPS) is 10.5. The van der Waals surface area contributed by atoms with Crippen LogP contribution in [0.1, 0.15) is 35.7 Å². The second-order valence-electron chi connectivity index (χ2n) is 7.27. The molecule has 0 fully saturated rings. The fraction of sp³-hybridized carbons (Fsp3) is 0.200. The number of hydrogen-bond acceptors (Lipinski definition) is 3. The summed E-state index contributed by atoms with van der Waals surface area (Å²) in [6.45, 7) is 1.97. The molecule has 0 aliphatic rings. The number of benzene rings is 3. The maximum atomic E-state index is 12.5. The van der Waals surface area contributed by atoms with Crippen molar-refractivity contribution in [3.8, 4) is 5.75 Å². The molecule has 0 saturated heterocycles. The van der Waals surface area contributed by atoms with Crippen molar-refractivity contribution in [2.45, 2.75) is 26.2 Å². The highest BCUT2D eigenvalue weighted by atomic mass is 35.5. The first-order valence-corrected chi connectivity index (χ1v) is 11.1. The van der Waals surface area contributed by atoms with E-state index in [9.17, 15) is 9.59 Å². The lowest BCUT2D eigenvalue weighted by Gasteiger charge is -2.09. The largest absolute Gasteiger partial charge is 0.484 e. The quantitative estimate of drug-likeness (QED) is 0.369. The average Bonchev–Trinajstić information content (AvgIpc) is 2.77. The summed E-state index contributed by atoms with van der Waals surface area (Å²) in [6, 6.07) is 19.2. The molecule has 0 spiro atoms. The monoisotopic (exact) mass is 470 g/mol. The van der Waals surface area contributed by atoms with Crippen LogP contribution in [0.4, 0.5) is 11.4 Å². The third kappa shape index (κ3) is 7.29. The zero-order valence-corrected chi connectivity index (χ0v) is 19.2. The Bertz CT molecular complexity index is 1050. The Balaban J connectivity index is 1.49. The molecule has 0 saturated carbocycles. The molecule has 0 bridgehead atoms. The molecule has 0 aliphatic heterocycles. The summed E-state index contributed by atoms with van der Waals surface area (Å²) in [5, 5.41) is 6.40. The summed E-state index contributed by atoms with van der Waals surface area (Å²) in [5.74, 6) is -0.0953. The zero-order chi connectivity index (χ0) is 22.9. The highest BCUT2D eigenvalue weighted by molar-refractivity contribution is 6.35. The summed E-state index contributed by atoms with van der Waals surface area (Å²) >= 11 is 11.8. The topological polar surface area (TPSA) is 67.4 Å². The second kappa shape index (κ2) is 11.6. The third-order valence-corrected chi connectivity index (χ3v) is 5.10. The minimum Gasteiger partial charge on any atom is -0.484 e. The van der Waals surface area contributed by atoms with E-state index in [-0.39, 0.29) is 18.4 Å². The van der Waals surface area contributed by atoms with E-state index in [0.717, 1.165) is 24.9 Å². The molecule has 2 N–H and O–H groups in total. The lowest BCUT2D eigenvalue weighted by molar-refractivity contribution is -0.118. The van der Waals surface area contributed by atoms with Gasteiger partial charge in [-0.2, -0.15) is 0 Å². The van der Waals surface area contributed by atoms with E-state index in [0.29, 0.717) is 27.0 Å². The third-order valence-electron chi connectivity index (χ3n) is 4.66. The Morgan fingerprint density at radius 1 is 0.844 bits per heavy atom. The molecule has 5 nitrogen and oxygen atoms in total. The molecular weight excluding hydrogens is 447 g/mol. The fourth-order valence-electron chi connectivity index (χ4n) is 3.01. The van der Waals surface area contributed by atoms with Gasteiger partial charge in [-0.25, -0.2) is 0 Å². The number of carbonyl (C=O) groups is 2. The van der Waals surface area contributed by atoms with Gasteiger partial charge in [-0.05, 0) is 73.0 Å². The minimum atomic E-state index is -0.354. The first kappa shape index (κ1) is 23.6. The predicted octanol–water partition coefficient (Wildman–Crippen LogP) is 6.61. The van der Waals surface area contributed by atoms with Gasteiger partial charge in [-0.3, -0.25) is 9.59 Å². The zero-order valence-electron chi connectivity index (χ0n) is 17.7. The Morgan fingerprint density at radius 3 is 2.12 bits per heavy atom. The van der Waals surface area contributed by atoms with E-state index in [2.05, 4.69) is 17.6 Å². The average molecular weight is 471 g/mol. The summed E-state index contributed by atoms with van der Waals surface area (Å²) < 4.78 is 5.49. The number of carbonyl (C=O) groups excluding carboxylic acids is 2. The van der Waals surface area contributed by atoms with Gasteiger partial charge >= 0.3 is 0 Å². The Labute approximate surface area is 197 Å². The Hall–Kier alpha value is -3.02. The van der Waals surface area contributed by atoms with Crippen LogP contribution in [-0.2, 0) is 11.2 Å². The van der Waals surface area contributed by atoms with Crippen molar-refractivity contribution >= 4 is 46.4 Å². The van der Waals surface area contributed by atoms with Crippen LogP contribution in [-0.4, -0.2) is 18.4 Å². The van der Waals surface area contributed by atoms with Crippen molar-refractivity contribution in [1.82, 2.24) is 0 Å². The molecule has 0 heterocycles. The number of hydrogen-bond donors (Lipinski definition) is 2. The molecule has 0 aromatic heterocycles. The van der Waals surface area contributed by atoms with Crippen molar-refractivity contribution in [1.29, 1.82) is 0 Å². The van der Waals surface area contributed by atoms with Crippen LogP contribution < -0.4 is 15.4 Å². The molecule has 3 rings (SSSR count). The molecule has 0 radical (unpaired) electrons. The smallest absolute Gasteiger partial charge is 0.262 e. The first-order chi connectivity index (χ1) is 15.4. The van der Waals surface area contributed by atoms with Crippen molar-refractivity contribution in [3.63, 3.8) is 0 Å². The number of nitrogens with one attached hydrogen (secondary N) is 2. The number of anilines is 2. The molecule has 0 aliphatic carbocycles. The van der Waals surface area contributed by atoms with Gasteiger partial charge in [-0.15, -0.1) is 0 Å². The van der Waals surface area contributed by atoms with E-state index < -0.39 is 0 Å². The van der Waals surface area contributed by atoms with Crippen molar-refractivity contribution in [3.05, 3.63) is 87.9 Å². The van der Waals surface area contributed by atoms with Crippen LogP contribution in [0.25, 0.3) is 0 Å². The molecule has 32 heavy (non-hydrogen) atoms. The minimum absolute atomic E-state index is 0.194. The van der Waals surface area contributed by atoms with Gasteiger partial charge in [0.05, 0.1) is 0 Å². The van der Waals surface area contributed by atoms with Crippen molar-refractivity contribution in [2.75, 3.05) is 17.2 Å². The molecule has 0 atom stereocenters. The summed E-state index contributed by atoms with van der Waals surface area (Å²) in [4.78, 5) is 24.6. The van der Waals surface area contributed by atoms with Gasteiger partial charge < -0.3 is 15.4 Å². The lowest BCUT2D eigenvalue weighted by atomic mass is 10.1. The number of rotatable bonds is 9. The number of unbranched alkanes of at least 4 members (excludes halogenated alkanes) is 1. The molecular formula is C25H24Cl2N2O3. The second-order valence-corrected chi connectivity index (χ2v) is 8.15. The Morgan fingerprint density at radius 2 is 1.50 bits per heavy atom. The van der Waals surface area contributed by atoms with Crippen LogP contribution in [0.3, 0.4) is 0 Å². The summed E-state index contributed by atoms with van der Waals surface area (Å²) in [6.07, 6.45) is 3.34. The van der Waals surface area contributed by atoms with Crippen LogP contribution >= 0.6 is 23.2 Å². The van der Waals surface area contributed by atoms with Gasteiger partial charge in [0, 0.05) is 27.0 Å². The van der Waals surface area contributed by atoms with E-state index in [1.54, 1.807) is 42.5 Å². The van der Waals surface area contributed by atoms with Crippen LogP contribution in [0.5, 0.6) is 5.75 Å². The van der Waals surface area contributed by atoms with Gasteiger partial charge in [0.1, 0.15) is 5.75 Å². The van der Waals surface area contributed by atoms with E-state index in [1.165, 1.54) is 5.56 Å². The summed E-state index contributed by atoms with van der Waals surface area (Å²) in [7, 11) is 0. The van der Waals surface area contributed by atoms with Gasteiger partial charge in [0.25, 0.3) is 11.8 Å². The molecule has 0 unspecified atom stereocenters. The SMILES string of the molecule is CCCCc1ccc(NC(=O)c2ccc(OCC(=O)Nc3cc(Cl)cc(Cl)c3)cc2)cc1. The standard InChI is InChI=1S/C25H24Cl2N2O3/c1-2-3-4-17-5-9-21(10-6-17)29-25(31)18-7-11-23(12-8-18)32-16-24(30)28-22-14-19(26)13-20(27)15-22/h5-15H,2-4,16H2,1H3,(H,28,30)(H,29,31). The maximum Gasteiger partial charge on any atom is 0.262 e.